The lowest BCUT2D eigenvalue weighted by molar-refractivity contribution is 0.309. The zero-order valence-electron chi connectivity index (χ0n) is 11.9. The Labute approximate surface area is 119 Å². The molecule has 0 bridgehead atoms. The summed E-state index contributed by atoms with van der Waals surface area (Å²) in [4.78, 5) is 7.68. The van der Waals surface area contributed by atoms with Crippen molar-refractivity contribution in [3.05, 3.63) is 47.5 Å². The van der Waals surface area contributed by atoms with E-state index in [1.807, 2.05) is 12.1 Å². The molecule has 1 unspecified atom stereocenters. The third-order valence-corrected chi connectivity index (χ3v) is 3.73. The molecule has 2 N–H and O–H groups in total. The van der Waals surface area contributed by atoms with Gasteiger partial charge in [0.25, 0.3) is 0 Å². The van der Waals surface area contributed by atoms with Gasteiger partial charge in [0.1, 0.15) is 5.75 Å². The molecule has 0 spiro atoms. The number of hydrogen-bond acceptors (Lipinski definition) is 3. The zero-order chi connectivity index (χ0) is 13.8. The summed E-state index contributed by atoms with van der Waals surface area (Å²) >= 11 is 0. The molecule has 20 heavy (non-hydrogen) atoms. The number of nitrogens with one attached hydrogen (secondary N) is 2. The molecule has 0 saturated heterocycles. The molecule has 3 rings (SSSR count). The predicted octanol–water partition coefficient (Wildman–Crippen LogP) is 2.82. The van der Waals surface area contributed by atoms with Gasteiger partial charge in [0.15, 0.2) is 0 Å². The first-order valence-corrected chi connectivity index (χ1v) is 7.36. The smallest absolute Gasteiger partial charge is 0.119 e. The third kappa shape index (κ3) is 2.70. The molecule has 0 radical (unpaired) electrons. The molecule has 1 aliphatic heterocycles. The third-order valence-electron chi connectivity index (χ3n) is 3.73. The van der Waals surface area contributed by atoms with Crippen LogP contribution in [0.1, 0.15) is 42.8 Å². The van der Waals surface area contributed by atoms with Gasteiger partial charge < -0.3 is 15.0 Å². The Morgan fingerprint density at radius 1 is 1.30 bits per heavy atom. The van der Waals surface area contributed by atoms with Crippen LogP contribution in [0.5, 0.6) is 5.75 Å². The molecule has 1 aromatic carbocycles. The van der Waals surface area contributed by atoms with Crippen LogP contribution in [0.2, 0.25) is 0 Å². The fourth-order valence-electron chi connectivity index (χ4n) is 2.59. The minimum absolute atomic E-state index is 0.190. The second kappa shape index (κ2) is 6.09. The maximum atomic E-state index is 5.70. The molecule has 0 amide bonds. The molecule has 2 heterocycles. The molecular weight excluding hydrogens is 250 g/mol. The molecule has 106 valence electrons. The van der Waals surface area contributed by atoms with Crippen molar-refractivity contribution in [2.45, 2.75) is 32.2 Å². The summed E-state index contributed by atoms with van der Waals surface area (Å²) in [5, 5.41) is 3.53. The Morgan fingerprint density at radius 2 is 2.15 bits per heavy atom. The number of unbranched alkanes of at least 4 members (excludes halogenated alkanes) is 1. The molecule has 0 fully saturated rings. The maximum absolute atomic E-state index is 5.70. The van der Waals surface area contributed by atoms with Crippen LogP contribution in [0, 0.1) is 0 Å². The highest BCUT2D eigenvalue weighted by atomic mass is 16.5. The molecular formula is C16H21N3O. The highest BCUT2D eigenvalue weighted by Gasteiger charge is 2.23. The van der Waals surface area contributed by atoms with E-state index >= 15 is 0 Å². The summed E-state index contributed by atoms with van der Waals surface area (Å²) in [5.74, 6) is 0.945. The van der Waals surface area contributed by atoms with Crippen LogP contribution in [0.15, 0.2) is 30.6 Å². The highest BCUT2D eigenvalue weighted by Crippen LogP contribution is 2.27. The normalized spacial score (nSPS) is 17.8. The molecule has 0 saturated carbocycles. The topological polar surface area (TPSA) is 49.9 Å². The van der Waals surface area contributed by atoms with Gasteiger partial charge in [-0.3, -0.25) is 0 Å². The number of ether oxygens (including phenoxy) is 1. The van der Waals surface area contributed by atoms with Crippen molar-refractivity contribution in [2.75, 3.05) is 13.2 Å². The molecule has 0 aliphatic carbocycles. The van der Waals surface area contributed by atoms with E-state index in [2.05, 4.69) is 34.3 Å². The van der Waals surface area contributed by atoms with E-state index in [-0.39, 0.29) is 6.04 Å². The Bertz CT molecular complexity index is 547. The van der Waals surface area contributed by atoms with E-state index in [9.17, 15) is 0 Å². The Kier molecular flexibility index (Phi) is 4.02. The first kappa shape index (κ1) is 13.2. The Balaban J connectivity index is 1.73. The van der Waals surface area contributed by atoms with E-state index in [0.29, 0.717) is 0 Å². The zero-order valence-corrected chi connectivity index (χ0v) is 11.9. The quantitative estimate of drug-likeness (QED) is 0.822. The number of rotatable bonds is 5. The first-order valence-electron chi connectivity index (χ1n) is 7.36. The van der Waals surface area contributed by atoms with E-state index in [1.165, 1.54) is 11.3 Å². The molecule has 1 aromatic heterocycles. The van der Waals surface area contributed by atoms with Crippen molar-refractivity contribution in [3.63, 3.8) is 0 Å². The number of benzene rings is 1. The van der Waals surface area contributed by atoms with Crippen LogP contribution in [0.25, 0.3) is 0 Å². The largest absolute Gasteiger partial charge is 0.494 e. The fourth-order valence-corrected chi connectivity index (χ4v) is 2.59. The van der Waals surface area contributed by atoms with Crippen molar-refractivity contribution >= 4 is 0 Å². The van der Waals surface area contributed by atoms with E-state index in [4.69, 9.17) is 4.74 Å². The minimum atomic E-state index is 0.190. The van der Waals surface area contributed by atoms with Crippen LogP contribution < -0.4 is 10.1 Å². The van der Waals surface area contributed by atoms with Gasteiger partial charge in [-0.05, 0) is 24.1 Å². The van der Waals surface area contributed by atoms with Gasteiger partial charge in [-0.15, -0.1) is 0 Å². The fraction of sp³-hybridized carbons (Fsp3) is 0.438. The number of nitrogens with zero attached hydrogens (tertiary/aromatic N) is 1. The van der Waals surface area contributed by atoms with Gasteiger partial charge in [-0.25, -0.2) is 4.98 Å². The summed E-state index contributed by atoms with van der Waals surface area (Å²) in [6.45, 7) is 3.94. The van der Waals surface area contributed by atoms with Crippen LogP contribution >= 0.6 is 0 Å². The highest BCUT2D eigenvalue weighted by molar-refractivity contribution is 5.35. The average molecular weight is 271 g/mol. The first-order chi connectivity index (χ1) is 9.88. The van der Waals surface area contributed by atoms with E-state index < -0.39 is 0 Å². The summed E-state index contributed by atoms with van der Waals surface area (Å²) in [6, 6.07) is 8.54. The molecule has 4 nitrogen and oxygen atoms in total. The van der Waals surface area contributed by atoms with Gasteiger partial charge in [0.2, 0.25) is 0 Å². The van der Waals surface area contributed by atoms with Crippen molar-refractivity contribution in [3.8, 4) is 5.75 Å². The van der Waals surface area contributed by atoms with Gasteiger partial charge in [-0.2, -0.15) is 0 Å². The maximum Gasteiger partial charge on any atom is 0.119 e. The van der Waals surface area contributed by atoms with Crippen molar-refractivity contribution in [1.29, 1.82) is 0 Å². The van der Waals surface area contributed by atoms with Crippen molar-refractivity contribution in [1.82, 2.24) is 15.3 Å². The molecule has 1 aliphatic rings. The summed E-state index contributed by atoms with van der Waals surface area (Å²) in [6.07, 6.45) is 5.06. The second-order valence-electron chi connectivity index (χ2n) is 5.17. The van der Waals surface area contributed by atoms with Crippen LogP contribution in [-0.4, -0.2) is 23.1 Å². The van der Waals surface area contributed by atoms with E-state index in [0.717, 1.165) is 43.9 Å². The SMILES string of the molecule is CCCCOc1ccc(C2NCCc3[nH]cnc32)cc1. The summed E-state index contributed by atoms with van der Waals surface area (Å²) in [7, 11) is 0. The lowest BCUT2D eigenvalue weighted by atomic mass is 9.98. The van der Waals surface area contributed by atoms with Gasteiger partial charge in [0, 0.05) is 18.7 Å². The van der Waals surface area contributed by atoms with Crippen LogP contribution in [0.3, 0.4) is 0 Å². The minimum Gasteiger partial charge on any atom is -0.494 e. The molecule has 1 atom stereocenters. The lowest BCUT2D eigenvalue weighted by Crippen LogP contribution is -2.30. The number of aromatic amines is 1. The monoisotopic (exact) mass is 271 g/mol. The lowest BCUT2D eigenvalue weighted by Gasteiger charge is -2.23. The predicted molar refractivity (Wildman–Crippen MR) is 79.0 cm³/mol. The second-order valence-corrected chi connectivity index (χ2v) is 5.17. The van der Waals surface area contributed by atoms with Crippen molar-refractivity contribution in [2.24, 2.45) is 0 Å². The van der Waals surface area contributed by atoms with Crippen molar-refractivity contribution < 1.29 is 4.74 Å². The van der Waals surface area contributed by atoms with Gasteiger partial charge in [0.05, 0.1) is 24.7 Å². The summed E-state index contributed by atoms with van der Waals surface area (Å²) < 4.78 is 5.70. The standard InChI is InChI=1S/C16H21N3O/c1-2-3-10-20-13-6-4-12(5-7-13)15-16-14(8-9-17-15)18-11-19-16/h4-7,11,15,17H,2-3,8-10H2,1H3,(H,18,19). The number of imidazole rings is 1. The Morgan fingerprint density at radius 3 is 2.95 bits per heavy atom. The average Bonchev–Trinajstić information content (AvgIpc) is 2.97. The number of hydrogen-bond donors (Lipinski definition) is 2. The molecule has 2 aromatic rings. The van der Waals surface area contributed by atoms with E-state index in [1.54, 1.807) is 6.33 Å². The molecule has 4 heteroatoms. The number of aromatic nitrogens is 2. The van der Waals surface area contributed by atoms with Gasteiger partial charge in [-0.1, -0.05) is 25.5 Å². The summed E-state index contributed by atoms with van der Waals surface area (Å²) in [5.41, 5.74) is 3.61. The number of H-pyrrole nitrogens is 1. The number of fused-ring (bicyclic) bond motifs is 1. The van der Waals surface area contributed by atoms with Crippen LogP contribution in [0.4, 0.5) is 0 Å². The Hall–Kier alpha value is -1.81. The van der Waals surface area contributed by atoms with Crippen LogP contribution in [-0.2, 0) is 6.42 Å². The van der Waals surface area contributed by atoms with Gasteiger partial charge >= 0.3 is 0 Å².